The zero-order valence-electron chi connectivity index (χ0n) is 21.6. The van der Waals surface area contributed by atoms with E-state index in [0.717, 1.165) is 43.0 Å². The average molecular weight is 532 g/mol. The molecule has 7 nitrogen and oxygen atoms in total. The number of rotatable bonds is 6. The molecule has 3 aliphatic carbocycles. The SMILES string of the molecule is CN(C(=O)Cc1cccc(N=C=S)c1)C1CCC2(O)[C@H]3Cc4ccc(O)c5c4[C@@]2(CCN3CC2CC2)C1O5. The topological polar surface area (TPSA) is 85.6 Å². The Hall–Kier alpha value is -2.77. The lowest BCUT2D eigenvalue weighted by Crippen LogP contribution is -2.78. The number of benzene rings is 2. The van der Waals surface area contributed by atoms with Gasteiger partial charge in [-0.25, -0.2) is 0 Å². The maximum Gasteiger partial charge on any atom is 0.227 e. The zero-order chi connectivity index (χ0) is 26.2. The molecule has 2 bridgehead atoms. The van der Waals surface area contributed by atoms with Crippen LogP contribution >= 0.6 is 12.2 Å². The van der Waals surface area contributed by atoms with Gasteiger partial charge in [0.1, 0.15) is 6.10 Å². The van der Waals surface area contributed by atoms with Crippen molar-refractivity contribution >= 4 is 29.0 Å². The molecule has 3 fully saturated rings. The van der Waals surface area contributed by atoms with Crippen molar-refractivity contribution in [3.8, 4) is 11.5 Å². The van der Waals surface area contributed by atoms with Gasteiger partial charge in [0.25, 0.3) is 0 Å². The summed E-state index contributed by atoms with van der Waals surface area (Å²) in [6.45, 7) is 1.94. The van der Waals surface area contributed by atoms with Crippen LogP contribution in [0.3, 0.4) is 0 Å². The van der Waals surface area contributed by atoms with Gasteiger partial charge in [0, 0.05) is 25.2 Å². The second-order valence-corrected chi connectivity index (χ2v) is 12.1. The van der Waals surface area contributed by atoms with E-state index in [0.29, 0.717) is 24.3 Å². The molecule has 3 unspecified atom stereocenters. The largest absolute Gasteiger partial charge is 0.504 e. The smallest absolute Gasteiger partial charge is 0.227 e. The monoisotopic (exact) mass is 531 g/mol. The Bertz CT molecular complexity index is 1370. The number of ether oxygens (including phenoxy) is 1. The number of phenols is 1. The number of amides is 1. The number of likely N-dealkylation sites (N-methyl/N-ethyl adjacent to an activating group) is 1. The van der Waals surface area contributed by atoms with Crippen molar-refractivity contribution in [3.05, 3.63) is 53.1 Å². The minimum atomic E-state index is -0.954. The first-order chi connectivity index (χ1) is 18.4. The molecule has 0 aromatic heterocycles. The molecular formula is C30H33N3O4S. The molecule has 2 aromatic rings. The van der Waals surface area contributed by atoms with Gasteiger partial charge in [-0.1, -0.05) is 18.2 Å². The number of isothiocyanates is 1. The van der Waals surface area contributed by atoms with E-state index in [1.165, 1.54) is 18.4 Å². The number of aliphatic imine (C=N–C) groups is 1. The molecule has 1 amide bonds. The van der Waals surface area contributed by atoms with Crippen LogP contribution in [-0.4, -0.2) is 75.0 Å². The molecule has 5 aliphatic rings. The summed E-state index contributed by atoms with van der Waals surface area (Å²) in [5.41, 5.74) is 2.11. The number of carbonyl (C=O) groups is 1. The number of likely N-dealkylation sites (tertiary alicyclic amines) is 1. The number of piperidine rings is 1. The van der Waals surface area contributed by atoms with Gasteiger partial charge < -0.3 is 19.8 Å². The highest BCUT2D eigenvalue weighted by Crippen LogP contribution is 2.66. The zero-order valence-corrected chi connectivity index (χ0v) is 22.4. The summed E-state index contributed by atoms with van der Waals surface area (Å²) in [7, 11) is 1.85. The second-order valence-electron chi connectivity index (χ2n) is 12.0. The average Bonchev–Trinajstić information content (AvgIpc) is 3.64. The number of hydrogen-bond acceptors (Lipinski definition) is 7. The van der Waals surface area contributed by atoms with Crippen LogP contribution in [0.5, 0.6) is 11.5 Å². The predicted molar refractivity (Wildman–Crippen MR) is 146 cm³/mol. The molecule has 8 heteroatoms. The lowest BCUT2D eigenvalue weighted by atomic mass is 9.48. The number of phenolic OH excluding ortho intramolecular Hbond substituents is 1. The van der Waals surface area contributed by atoms with Crippen LogP contribution in [0.1, 0.15) is 48.8 Å². The van der Waals surface area contributed by atoms with Gasteiger partial charge >= 0.3 is 0 Å². The highest BCUT2D eigenvalue weighted by atomic mass is 32.1. The van der Waals surface area contributed by atoms with Gasteiger partial charge in [0.15, 0.2) is 11.5 Å². The van der Waals surface area contributed by atoms with E-state index in [2.05, 4.69) is 15.1 Å². The maximum atomic E-state index is 13.6. The number of hydrogen-bond donors (Lipinski definition) is 2. The molecule has 2 aromatic carbocycles. The summed E-state index contributed by atoms with van der Waals surface area (Å²) in [5.74, 6) is 1.37. The van der Waals surface area contributed by atoms with Crippen LogP contribution in [0.25, 0.3) is 0 Å². The molecule has 2 aliphatic heterocycles. The van der Waals surface area contributed by atoms with Gasteiger partial charge in [-0.05, 0) is 92.5 Å². The Morgan fingerprint density at radius 2 is 2.11 bits per heavy atom. The quantitative estimate of drug-likeness (QED) is 0.436. The van der Waals surface area contributed by atoms with Gasteiger partial charge in [-0.15, -0.1) is 0 Å². The predicted octanol–water partition coefficient (Wildman–Crippen LogP) is 3.76. The van der Waals surface area contributed by atoms with Crippen LogP contribution in [0, 0.1) is 5.92 Å². The summed E-state index contributed by atoms with van der Waals surface area (Å²) < 4.78 is 6.63. The third-order valence-corrected chi connectivity index (χ3v) is 10.2. The van der Waals surface area contributed by atoms with Gasteiger partial charge in [-0.3, -0.25) is 9.69 Å². The van der Waals surface area contributed by atoms with Crippen LogP contribution in [0.4, 0.5) is 5.69 Å². The van der Waals surface area contributed by atoms with E-state index in [1.54, 1.807) is 6.07 Å². The van der Waals surface area contributed by atoms with E-state index in [1.807, 2.05) is 42.3 Å². The van der Waals surface area contributed by atoms with Crippen molar-refractivity contribution in [1.29, 1.82) is 0 Å². The molecular weight excluding hydrogens is 498 g/mol. The third-order valence-electron chi connectivity index (χ3n) is 10.1. The number of thiocarbonyl (C=S) groups is 1. The van der Waals surface area contributed by atoms with Crippen molar-refractivity contribution < 1.29 is 19.7 Å². The van der Waals surface area contributed by atoms with Gasteiger partial charge in [-0.2, -0.15) is 4.99 Å². The lowest BCUT2D eigenvalue weighted by molar-refractivity contribution is -0.200. The van der Waals surface area contributed by atoms with Crippen LogP contribution in [0.15, 0.2) is 41.4 Å². The molecule has 7 rings (SSSR count). The van der Waals surface area contributed by atoms with Gasteiger partial charge in [0.05, 0.1) is 34.3 Å². The lowest BCUT2D eigenvalue weighted by Gasteiger charge is -2.64. The molecule has 1 spiro atoms. The standard InChI is InChI=1S/C30H33N3O4S/c1-32(25(35)14-19-3-2-4-21(13-19)31-17-38)22-9-10-30(36)24-15-20-7-8-23(34)27-26(20)29(30,28(22)37-27)11-12-33(24)16-18-5-6-18/h2-4,7-8,13,18,22,24,28,34,36H,5-6,9-12,14-16H2,1H3/t22?,24-,28?,29+,30?/m1/s1. The first-order valence-corrected chi connectivity index (χ1v) is 14.2. The molecule has 2 saturated carbocycles. The number of nitrogens with zero attached hydrogens (tertiary/aromatic N) is 3. The van der Waals surface area contributed by atoms with Crippen LogP contribution in [-0.2, 0) is 23.1 Å². The van der Waals surface area contributed by atoms with E-state index in [9.17, 15) is 15.0 Å². The van der Waals surface area contributed by atoms with Crippen molar-refractivity contribution in [1.82, 2.24) is 9.80 Å². The summed E-state index contributed by atoms with van der Waals surface area (Å²) >= 11 is 4.73. The summed E-state index contributed by atoms with van der Waals surface area (Å²) in [6, 6.07) is 11.0. The fraction of sp³-hybridized carbons (Fsp3) is 0.533. The molecule has 2 N–H and O–H groups in total. The first-order valence-electron chi connectivity index (χ1n) is 13.8. The normalized spacial score (nSPS) is 32.6. The highest BCUT2D eigenvalue weighted by Gasteiger charge is 2.73. The second kappa shape index (κ2) is 8.62. The summed E-state index contributed by atoms with van der Waals surface area (Å²) in [5, 5.41) is 25.9. The van der Waals surface area contributed by atoms with Crippen molar-refractivity contribution in [2.75, 3.05) is 20.1 Å². The van der Waals surface area contributed by atoms with Gasteiger partial charge in [0.2, 0.25) is 5.91 Å². The Labute approximate surface area is 228 Å². The number of aliphatic hydroxyl groups is 1. The Morgan fingerprint density at radius 3 is 2.89 bits per heavy atom. The van der Waals surface area contributed by atoms with E-state index >= 15 is 0 Å². The molecule has 0 radical (unpaired) electrons. The number of aromatic hydroxyl groups is 1. The molecule has 198 valence electrons. The van der Waals surface area contributed by atoms with Crippen molar-refractivity contribution in [2.45, 2.75) is 74.1 Å². The maximum absolute atomic E-state index is 13.6. The molecule has 2 heterocycles. The fourth-order valence-electron chi connectivity index (χ4n) is 8.12. The highest BCUT2D eigenvalue weighted by molar-refractivity contribution is 7.78. The third kappa shape index (κ3) is 3.37. The van der Waals surface area contributed by atoms with Crippen molar-refractivity contribution in [3.63, 3.8) is 0 Å². The fourth-order valence-corrected chi connectivity index (χ4v) is 8.23. The van der Waals surface area contributed by atoms with E-state index in [4.69, 9.17) is 17.0 Å². The minimum Gasteiger partial charge on any atom is -0.504 e. The Kier molecular flexibility index (Phi) is 5.51. The Morgan fingerprint density at radius 1 is 1.26 bits per heavy atom. The van der Waals surface area contributed by atoms with E-state index in [-0.39, 0.29) is 30.2 Å². The minimum absolute atomic E-state index is 0.0112. The summed E-state index contributed by atoms with van der Waals surface area (Å²) in [4.78, 5) is 22.0. The number of carbonyl (C=O) groups excluding carboxylic acids is 1. The Balaban J connectivity index is 1.24. The van der Waals surface area contributed by atoms with Crippen LogP contribution in [0.2, 0.25) is 0 Å². The van der Waals surface area contributed by atoms with E-state index < -0.39 is 17.1 Å². The van der Waals surface area contributed by atoms with Crippen molar-refractivity contribution in [2.24, 2.45) is 10.9 Å². The molecule has 1 saturated heterocycles. The first kappa shape index (κ1) is 24.3. The molecule has 38 heavy (non-hydrogen) atoms. The van der Waals surface area contributed by atoms with Crippen LogP contribution < -0.4 is 4.74 Å². The molecule has 5 atom stereocenters. The summed E-state index contributed by atoms with van der Waals surface area (Å²) in [6.07, 6.45) is 5.17.